The topological polar surface area (TPSA) is 64.1 Å². The summed E-state index contributed by atoms with van der Waals surface area (Å²) in [6.45, 7) is 0.239. The molecule has 140 valence electrons. The average molecular weight is 392 g/mol. The maximum absolute atomic E-state index is 13.3. The van der Waals surface area contributed by atoms with Crippen molar-refractivity contribution in [2.45, 2.75) is 25.6 Å². The van der Waals surface area contributed by atoms with E-state index in [0.717, 1.165) is 12.3 Å². The molecule has 0 spiro atoms. The molecule has 0 radical (unpaired) electrons. The van der Waals surface area contributed by atoms with Crippen LogP contribution in [0, 0.1) is 5.82 Å². The third-order valence-corrected chi connectivity index (χ3v) is 3.48. The van der Waals surface area contributed by atoms with E-state index < -0.39 is 30.5 Å². The molecule has 1 unspecified atom stereocenters. The molecule has 1 amide bonds. The van der Waals surface area contributed by atoms with Crippen LogP contribution < -0.4 is 10.1 Å². The van der Waals surface area contributed by atoms with Gasteiger partial charge in [0.2, 0.25) is 5.91 Å². The summed E-state index contributed by atoms with van der Waals surface area (Å²) in [4.78, 5) is 19.6. The Morgan fingerprint density at radius 1 is 1.31 bits per heavy atom. The molecule has 0 saturated carbocycles. The molecule has 2 aromatic rings. The van der Waals surface area contributed by atoms with Gasteiger partial charge in [-0.25, -0.2) is 9.37 Å². The summed E-state index contributed by atoms with van der Waals surface area (Å²) < 4.78 is 54.1. The van der Waals surface area contributed by atoms with Crippen molar-refractivity contribution < 1.29 is 27.1 Å². The van der Waals surface area contributed by atoms with E-state index in [0.29, 0.717) is 11.3 Å². The van der Waals surface area contributed by atoms with Gasteiger partial charge >= 0.3 is 6.18 Å². The second-order valence-corrected chi connectivity index (χ2v) is 5.76. The third-order valence-electron chi connectivity index (χ3n) is 3.20. The normalized spacial score (nSPS) is 12.5. The number of hydrogen-bond acceptors (Lipinski definition) is 4. The number of nitrogens with zero attached hydrogens (tertiary/aromatic N) is 2. The number of nitrogens with one attached hydrogen (secondary N) is 1. The number of halogens is 5. The molecule has 0 bridgehead atoms. The first-order valence-corrected chi connectivity index (χ1v) is 7.76. The monoisotopic (exact) mass is 391 g/mol. The van der Waals surface area contributed by atoms with Crippen LogP contribution in [0.3, 0.4) is 0 Å². The molecule has 0 aliphatic rings. The average Bonchev–Trinajstić information content (AvgIpc) is 2.56. The Bertz CT molecular complexity index is 769. The van der Waals surface area contributed by atoms with Gasteiger partial charge in [0.1, 0.15) is 5.75 Å². The first kappa shape index (κ1) is 19.9. The lowest BCUT2D eigenvalue weighted by Crippen LogP contribution is -2.28. The molecule has 2 heterocycles. The number of aromatic nitrogens is 2. The van der Waals surface area contributed by atoms with E-state index in [-0.39, 0.29) is 17.3 Å². The van der Waals surface area contributed by atoms with Crippen molar-refractivity contribution >= 4 is 17.5 Å². The van der Waals surface area contributed by atoms with E-state index in [1.54, 1.807) is 6.92 Å². The van der Waals surface area contributed by atoms with Gasteiger partial charge in [-0.2, -0.15) is 13.2 Å². The van der Waals surface area contributed by atoms with Crippen LogP contribution in [0.4, 0.5) is 17.6 Å². The summed E-state index contributed by atoms with van der Waals surface area (Å²) in [5, 5.41) is 2.37. The number of carbonyl (C=O) groups is 1. The van der Waals surface area contributed by atoms with Crippen LogP contribution in [0.25, 0.3) is 0 Å². The number of alkyl halides is 3. The zero-order chi connectivity index (χ0) is 19.3. The zero-order valence-electron chi connectivity index (χ0n) is 13.5. The van der Waals surface area contributed by atoms with Crippen LogP contribution in [0.2, 0.25) is 5.15 Å². The first-order valence-electron chi connectivity index (χ1n) is 7.39. The van der Waals surface area contributed by atoms with Gasteiger partial charge in [0, 0.05) is 6.20 Å². The fourth-order valence-corrected chi connectivity index (χ4v) is 2.11. The molecule has 0 saturated heterocycles. The Morgan fingerprint density at radius 2 is 2.04 bits per heavy atom. The lowest BCUT2D eigenvalue weighted by molar-refractivity contribution is -0.153. The van der Waals surface area contributed by atoms with Gasteiger partial charge in [-0.3, -0.25) is 9.78 Å². The molecule has 5 nitrogen and oxygen atoms in total. The van der Waals surface area contributed by atoms with E-state index in [1.165, 1.54) is 18.3 Å². The van der Waals surface area contributed by atoms with Crippen molar-refractivity contribution in [3.05, 3.63) is 52.8 Å². The van der Waals surface area contributed by atoms with E-state index in [4.69, 9.17) is 11.6 Å². The molecule has 10 heteroatoms. The quantitative estimate of drug-likeness (QED) is 0.603. The van der Waals surface area contributed by atoms with Crippen LogP contribution in [0.1, 0.15) is 24.2 Å². The summed E-state index contributed by atoms with van der Waals surface area (Å²) in [7, 11) is 0. The van der Waals surface area contributed by atoms with Crippen molar-refractivity contribution in [3.63, 3.8) is 0 Å². The van der Waals surface area contributed by atoms with Crippen LogP contribution in [0.5, 0.6) is 5.75 Å². The van der Waals surface area contributed by atoms with Gasteiger partial charge in [0.05, 0.1) is 24.4 Å². The predicted octanol–water partition coefficient (Wildman–Crippen LogP) is 3.63. The molecule has 0 fully saturated rings. The van der Waals surface area contributed by atoms with E-state index in [9.17, 15) is 22.4 Å². The molecule has 0 aliphatic carbocycles. The van der Waals surface area contributed by atoms with Gasteiger partial charge in [-0.05, 0) is 30.7 Å². The van der Waals surface area contributed by atoms with Crippen molar-refractivity contribution in [2.75, 3.05) is 6.61 Å². The van der Waals surface area contributed by atoms with Crippen LogP contribution in [-0.4, -0.2) is 28.7 Å². The van der Waals surface area contributed by atoms with Crippen molar-refractivity contribution in [1.82, 2.24) is 15.3 Å². The second-order valence-electron chi connectivity index (χ2n) is 5.40. The molecule has 1 N–H and O–H groups in total. The first-order chi connectivity index (χ1) is 12.1. The molecule has 1 atom stereocenters. The molecular weight excluding hydrogens is 378 g/mol. The fraction of sp³-hybridized carbons (Fsp3) is 0.312. The Labute approximate surface area is 151 Å². The lowest BCUT2D eigenvalue weighted by Gasteiger charge is -2.14. The summed E-state index contributed by atoms with van der Waals surface area (Å²) in [6, 6.07) is 3.38. The summed E-state index contributed by atoms with van der Waals surface area (Å²) in [5.74, 6) is -1.16. The molecule has 2 aromatic heterocycles. The fourth-order valence-electron chi connectivity index (χ4n) is 2.01. The Kier molecular flexibility index (Phi) is 6.36. The minimum atomic E-state index is -4.43. The highest BCUT2D eigenvalue weighted by atomic mass is 35.5. The highest BCUT2D eigenvalue weighted by molar-refractivity contribution is 6.29. The standard InChI is InChI=1S/C16H14ClF4N3O2/c1-9(13-3-2-11(7-22-13)26-8-16(19,20)21)24-14(25)5-10-4-12(18)15(17)23-6-10/h2-4,6-7,9H,5,8H2,1H3,(H,24,25). The maximum atomic E-state index is 13.3. The summed E-state index contributed by atoms with van der Waals surface area (Å²) in [5.41, 5.74) is 0.776. The predicted molar refractivity (Wildman–Crippen MR) is 85.3 cm³/mol. The Morgan fingerprint density at radius 3 is 2.62 bits per heavy atom. The van der Waals surface area contributed by atoms with Gasteiger partial charge in [-0.1, -0.05) is 11.6 Å². The molecule has 2 rings (SSSR count). The van der Waals surface area contributed by atoms with Gasteiger partial charge in [-0.15, -0.1) is 0 Å². The third kappa shape index (κ3) is 6.14. The lowest BCUT2D eigenvalue weighted by atomic mass is 10.1. The van der Waals surface area contributed by atoms with E-state index in [1.807, 2.05) is 0 Å². The Hall–Kier alpha value is -2.42. The van der Waals surface area contributed by atoms with Crippen LogP contribution in [-0.2, 0) is 11.2 Å². The van der Waals surface area contributed by atoms with Gasteiger partial charge < -0.3 is 10.1 Å². The number of carbonyl (C=O) groups excluding carboxylic acids is 1. The van der Waals surface area contributed by atoms with Crippen molar-refractivity contribution in [3.8, 4) is 5.75 Å². The van der Waals surface area contributed by atoms with Crippen molar-refractivity contribution in [1.29, 1.82) is 0 Å². The smallest absolute Gasteiger partial charge is 0.422 e. The summed E-state index contributed by atoms with van der Waals surface area (Å²) >= 11 is 5.47. The van der Waals surface area contributed by atoms with Gasteiger partial charge in [0.15, 0.2) is 17.6 Å². The SMILES string of the molecule is CC(NC(=O)Cc1cnc(Cl)c(F)c1)c1ccc(OCC(F)(F)F)cn1. The molecular formula is C16H14ClF4N3O2. The molecule has 26 heavy (non-hydrogen) atoms. The van der Waals surface area contributed by atoms with Gasteiger partial charge in [0.25, 0.3) is 0 Å². The number of amides is 1. The van der Waals surface area contributed by atoms with E-state index >= 15 is 0 Å². The maximum Gasteiger partial charge on any atom is 0.422 e. The second kappa shape index (κ2) is 8.31. The zero-order valence-corrected chi connectivity index (χ0v) is 14.2. The van der Waals surface area contributed by atoms with Crippen LogP contribution in [0.15, 0.2) is 30.6 Å². The Balaban J connectivity index is 1.90. The summed E-state index contributed by atoms with van der Waals surface area (Å²) in [6.07, 6.45) is -2.11. The minimum Gasteiger partial charge on any atom is -0.483 e. The minimum absolute atomic E-state index is 0.0349. The highest BCUT2D eigenvalue weighted by Gasteiger charge is 2.28. The number of rotatable bonds is 6. The highest BCUT2D eigenvalue weighted by Crippen LogP contribution is 2.19. The van der Waals surface area contributed by atoms with Crippen molar-refractivity contribution in [2.24, 2.45) is 0 Å². The number of ether oxygens (including phenoxy) is 1. The van der Waals surface area contributed by atoms with E-state index in [2.05, 4.69) is 20.0 Å². The number of pyridine rings is 2. The van der Waals surface area contributed by atoms with Crippen LogP contribution >= 0.6 is 11.6 Å². The molecule has 0 aromatic carbocycles. The number of hydrogen-bond donors (Lipinski definition) is 1. The largest absolute Gasteiger partial charge is 0.483 e. The molecule has 0 aliphatic heterocycles.